The van der Waals surface area contributed by atoms with Gasteiger partial charge in [0.25, 0.3) is 5.91 Å². The van der Waals surface area contributed by atoms with Gasteiger partial charge < -0.3 is 29.3 Å². The molecule has 0 unspecified atom stereocenters. The van der Waals surface area contributed by atoms with E-state index in [-0.39, 0.29) is 43.8 Å². The van der Waals surface area contributed by atoms with E-state index in [0.717, 1.165) is 16.3 Å². The molecule has 3 amide bonds. The molecule has 2 saturated heterocycles. The summed E-state index contributed by atoms with van der Waals surface area (Å²) in [6.45, 7) is 2.33. The number of anilines is 1. The van der Waals surface area contributed by atoms with Crippen molar-refractivity contribution in [3.63, 3.8) is 0 Å². The zero-order chi connectivity index (χ0) is 36.6. The molecule has 5 bridgehead atoms. The van der Waals surface area contributed by atoms with Crippen LogP contribution in [0.4, 0.5) is 5.69 Å². The Bertz CT molecular complexity index is 1920. The number of cyclic esters (lactones) is 1. The van der Waals surface area contributed by atoms with Gasteiger partial charge in [-0.15, -0.1) is 0 Å². The molecule has 1 N–H and O–H groups in total. The van der Waals surface area contributed by atoms with E-state index in [1.165, 1.54) is 0 Å². The molecule has 0 aliphatic carbocycles. The van der Waals surface area contributed by atoms with E-state index in [0.29, 0.717) is 35.9 Å². The lowest BCUT2D eigenvalue weighted by Crippen LogP contribution is -2.56. The Hall–Kier alpha value is -4.32. The SMILES string of the molecule is C[C@H]1[C@H](c2ccccc2)OC(=O)[C@H]2[C@@H]3O[C@@]4(C=C3Br)[C@@H]2C(=O)N(CCCCCO)[C@@H]4C(=O)N(c2ccc3ccccc3c2)C/C=C\CCC(=O)N1C. The normalized spacial score (nSPS) is 30.2. The molecule has 1 spiro atoms. The van der Waals surface area contributed by atoms with Gasteiger partial charge in [0, 0.05) is 43.3 Å². The monoisotopic (exact) mass is 769 g/mol. The van der Waals surface area contributed by atoms with Crippen LogP contribution >= 0.6 is 15.9 Å². The molecule has 11 heteroatoms. The molecule has 10 nitrogen and oxygen atoms in total. The topological polar surface area (TPSA) is 117 Å². The molecule has 52 heavy (non-hydrogen) atoms. The number of likely N-dealkylation sites (tertiary alicyclic amines) is 1. The summed E-state index contributed by atoms with van der Waals surface area (Å²) in [4.78, 5) is 62.8. The quantitative estimate of drug-likeness (QED) is 0.187. The summed E-state index contributed by atoms with van der Waals surface area (Å²) >= 11 is 3.65. The first-order chi connectivity index (χ1) is 25.2. The summed E-state index contributed by atoms with van der Waals surface area (Å²) in [7, 11) is 1.71. The van der Waals surface area contributed by atoms with Crippen LogP contribution in [-0.2, 0) is 28.7 Å². The first-order valence-electron chi connectivity index (χ1n) is 18.1. The first-order valence-corrected chi connectivity index (χ1v) is 18.9. The Morgan fingerprint density at radius 2 is 1.63 bits per heavy atom. The molecule has 4 aliphatic rings. The van der Waals surface area contributed by atoms with E-state index in [4.69, 9.17) is 9.47 Å². The van der Waals surface area contributed by atoms with Gasteiger partial charge in [0.1, 0.15) is 29.8 Å². The largest absolute Gasteiger partial charge is 0.455 e. The van der Waals surface area contributed by atoms with Gasteiger partial charge >= 0.3 is 5.97 Å². The number of aliphatic hydroxyl groups excluding tert-OH is 1. The summed E-state index contributed by atoms with van der Waals surface area (Å²) in [5.41, 5.74) is -0.0524. The summed E-state index contributed by atoms with van der Waals surface area (Å²) in [6.07, 6.45) is 6.42. The average molecular weight is 771 g/mol. The third-order valence-corrected chi connectivity index (χ3v) is 11.8. The molecule has 0 saturated carbocycles. The van der Waals surface area contributed by atoms with Crippen molar-refractivity contribution in [2.24, 2.45) is 11.8 Å². The second-order valence-corrected chi connectivity index (χ2v) is 15.1. The molecule has 3 aromatic carbocycles. The number of aliphatic hydroxyl groups is 1. The van der Waals surface area contributed by atoms with E-state index < -0.39 is 47.7 Å². The van der Waals surface area contributed by atoms with Gasteiger partial charge in [0.2, 0.25) is 11.8 Å². The summed E-state index contributed by atoms with van der Waals surface area (Å²) in [5.74, 6) is -3.44. The van der Waals surface area contributed by atoms with Crippen LogP contribution < -0.4 is 4.90 Å². The predicted octanol–water partition coefficient (Wildman–Crippen LogP) is 5.69. The van der Waals surface area contributed by atoms with Crippen LogP contribution in [0.1, 0.15) is 50.7 Å². The second kappa shape index (κ2) is 15.0. The van der Waals surface area contributed by atoms with Crippen molar-refractivity contribution < 1.29 is 33.8 Å². The van der Waals surface area contributed by atoms with Gasteiger partial charge in [-0.2, -0.15) is 0 Å². The Kier molecular flexibility index (Phi) is 10.4. The van der Waals surface area contributed by atoms with Gasteiger partial charge in [-0.1, -0.05) is 88.7 Å². The minimum absolute atomic E-state index is 0.0289. The summed E-state index contributed by atoms with van der Waals surface area (Å²) < 4.78 is 13.7. The van der Waals surface area contributed by atoms with Crippen LogP contribution in [0.3, 0.4) is 0 Å². The summed E-state index contributed by atoms with van der Waals surface area (Å²) in [6, 6.07) is 21.4. The van der Waals surface area contributed by atoms with E-state index in [2.05, 4.69) is 15.9 Å². The van der Waals surface area contributed by atoms with E-state index >= 15 is 4.79 Å². The third-order valence-electron chi connectivity index (χ3n) is 11.1. The maximum Gasteiger partial charge on any atom is 0.313 e. The molecule has 0 radical (unpaired) electrons. The van der Waals surface area contributed by atoms with Crippen LogP contribution in [0.25, 0.3) is 10.8 Å². The number of rotatable bonds is 7. The van der Waals surface area contributed by atoms with Gasteiger partial charge in [0.15, 0.2) is 0 Å². The summed E-state index contributed by atoms with van der Waals surface area (Å²) in [5, 5.41) is 11.4. The van der Waals surface area contributed by atoms with Gasteiger partial charge in [-0.05, 0) is 67.2 Å². The number of halogens is 1. The maximum atomic E-state index is 15.2. The van der Waals surface area contributed by atoms with Crippen LogP contribution in [0, 0.1) is 11.8 Å². The highest BCUT2D eigenvalue weighted by molar-refractivity contribution is 9.11. The molecule has 7 rings (SSSR count). The van der Waals surface area contributed by atoms with Crippen molar-refractivity contribution in [2.75, 3.05) is 31.6 Å². The van der Waals surface area contributed by atoms with Crippen molar-refractivity contribution in [3.8, 4) is 0 Å². The predicted molar refractivity (Wildman–Crippen MR) is 200 cm³/mol. The first kappa shape index (κ1) is 36.1. The Morgan fingerprint density at radius 1 is 0.885 bits per heavy atom. The molecular formula is C41H44BrN3O7. The zero-order valence-electron chi connectivity index (χ0n) is 29.4. The van der Waals surface area contributed by atoms with Crippen LogP contribution in [0.15, 0.2) is 95.5 Å². The number of hydrogen-bond acceptors (Lipinski definition) is 7. The highest BCUT2D eigenvalue weighted by atomic mass is 79.9. The number of carbonyl (C=O) groups excluding carboxylic acids is 4. The second-order valence-electron chi connectivity index (χ2n) is 14.1. The fourth-order valence-corrected chi connectivity index (χ4v) is 9.03. The molecule has 4 heterocycles. The molecule has 4 aliphatic heterocycles. The average Bonchev–Trinajstić information content (AvgIpc) is 3.75. The van der Waals surface area contributed by atoms with Crippen molar-refractivity contribution in [1.82, 2.24) is 9.80 Å². The Balaban J connectivity index is 1.34. The molecule has 2 fully saturated rings. The fraction of sp³-hybridized carbons (Fsp3) is 0.415. The van der Waals surface area contributed by atoms with Gasteiger partial charge in [0.05, 0.1) is 12.0 Å². The van der Waals surface area contributed by atoms with E-state index in [1.54, 1.807) is 21.7 Å². The number of unbranched alkanes of at least 4 members (excludes halogenated alkanes) is 2. The highest BCUT2D eigenvalue weighted by Gasteiger charge is 2.75. The van der Waals surface area contributed by atoms with Crippen LogP contribution in [0.5, 0.6) is 0 Å². The van der Waals surface area contributed by atoms with Crippen molar-refractivity contribution >= 4 is 56.1 Å². The molecule has 3 aromatic rings. The molecule has 272 valence electrons. The number of ether oxygens (including phenoxy) is 2. The lowest BCUT2D eigenvalue weighted by molar-refractivity contribution is -0.164. The lowest BCUT2D eigenvalue weighted by Gasteiger charge is -2.36. The van der Waals surface area contributed by atoms with Gasteiger partial charge in [-0.25, -0.2) is 0 Å². The Labute approximate surface area is 312 Å². The number of likely N-dealkylation sites (N-methyl/N-ethyl adjacent to an activating group) is 1. The number of amides is 3. The fourth-order valence-electron chi connectivity index (χ4n) is 8.29. The molecule has 7 atom stereocenters. The minimum atomic E-state index is -1.42. The van der Waals surface area contributed by atoms with Crippen molar-refractivity contribution in [1.29, 1.82) is 0 Å². The maximum absolute atomic E-state index is 15.2. The third kappa shape index (κ3) is 6.37. The van der Waals surface area contributed by atoms with Gasteiger partial charge in [-0.3, -0.25) is 19.2 Å². The molecule has 0 aromatic heterocycles. The molecular weight excluding hydrogens is 726 g/mol. The number of hydrogen-bond donors (Lipinski definition) is 1. The minimum Gasteiger partial charge on any atom is -0.455 e. The number of nitrogens with zero attached hydrogens (tertiary/aromatic N) is 3. The van der Waals surface area contributed by atoms with Crippen molar-refractivity contribution in [2.45, 2.75) is 68.9 Å². The number of carbonyl (C=O) groups is 4. The Morgan fingerprint density at radius 3 is 2.40 bits per heavy atom. The standard InChI is InChI=1S/C41H44BrN3O7/c1-26-35(28-15-6-3-7-16-28)51-40(50)33-34-38(48)45(22-12-5-13-23-46)37(41(34)25-31(42)36(33)52-41)39(49)44(21-11-4-8-18-32(47)43(26)2)30-20-19-27-14-9-10-17-29(27)24-30/h3-4,6-7,9-11,14-17,19-20,24-26,33-37,46H,5,8,12-13,18,21-23H2,1-2H3/b11-4-/t26-,33+,34-,35+,36+,37+,41-/m0/s1. The van der Waals surface area contributed by atoms with Crippen LogP contribution in [-0.4, -0.2) is 89.1 Å². The number of fused-ring (bicyclic) bond motifs is 3. The smallest absolute Gasteiger partial charge is 0.313 e. The van der Waals surface area contributed by atoms with E-state index in [9.17, 15) is 19.5 Å². The number of esters is 1. The lowest BCUT2D eigenvalue weighted by atomic mass is 9.74. The highest BCUT2D eigenvalue weighted by Crippen LogP contribution is 2.59. The van der Waals surface area contributed by atoms with Crippen molar-refractivity contribution in [3.05, 3.63) is 101 Å². The zero-order valence-corrected chi connectivity index (χ0v) is 31.0. The van der Waals surface area contributed by atoms with Crippen LogP contribution in [0.2, 0.25) is 0 Å². The number of benzene rings is 3. The number of allylic oxidation sites excluding steroid dienone is 1. The van der Waals surface area contributed by atoms with E-state index in [1.807, 2.05) is 97.9 Å².